The first-order valence-corrected chi connectivity index (χ1v) is 12.6. The zero-order valence-electron chi connectivity index (χ0n) is 22.0. The van der Waals surface area contributed by atoms with Crippen LogP contribution in [-0.4, -0.2) is 48.0 Å². The average molecular weight is 532 g/mol. The summed E-state index contributed by atoms with van der Waals surface area (Å²) in [5.41, 5.74) is 6.34. The molecule has 5 aromatic rings. The fourth-order valence-electron chi connectivity index (χ4n) is 4.54. The van der Waals surface area contributed by atoms with Crippen LogP contribution in [0.3, 0.4) is 0 Å². The van der Waals surface area contributed by atoms with Gasteiger partial charge in [0.2, 0.25) is 5.82 Å². The topological polar surface area (TPSA) is 137 Å². The summed E-state index contributed by atoms with van der Waals surface area (Å²) in [4.78, 5) is 13.6. The van der Waals surface area contributed by atoms with E-state index in [0.29, 0.717) is 22.8 Å². The number of amides is 1. The molecule has 0 saturated heterocycles. The highest BCUT2D eigenvalue weighted by Crippen LogP contribution is 2.38. The molecule has 3 aromatic carbocycles. The third kappa shape index (κ3) is 4.53. The molecule has 0 bridgehead atoms. The second kappa shape index (κ2) is 10.0. The third-order valence-corrected chi connectivity index (χ3v) is 6.84. The number of aromatic nitrogens is 5. The monoisotopic (exact) mass is 531 g/mol. The van der Waals surface area contributed by atoms with Crippen molar-refractivity contribution in [2.75, 3.05) is 5.01 Å². The zero-order chi connectivity index (χ0) is 27.8. The van der Waals surface area contributed by atoms with E-state index in [9.17, 15) is 9.90 Å². The molecule has 0 spiro atoms. The summed E-state index contributed by atoms with van der Waals surface area (Å²) < 4.78 is 1.88. The number of hydrogen-bond acceptors (Lipinski definition) is 8. The lowest BCUT2D eigenvalue weighted by Gasteiger charge is -2.14. The smallest absolute Gasteiger partial charge is 0.280 e. The summed E-state index contributed by atoms with van der Waals surface area (Å²) in [6.45, 7) is 4.01. The van der Waals surface area contributed by atoms with Crippen LogP contribution in [0.15, 0.2) is 94.5 Å². The van der Waals surface area contributed by atoms with Crippen LogP contribution in [0, 0.1) is 13.8 Å². The van der Waals surface area contributed by atoms with E-state index < -0.39 is 6.04 Å². The van der Waals surface area contributed by atoms with Crippen molar-refractivity contribution in [1.29, 1.82) is 0 Å². The molecular weight excluding hydrogens is 506 g/mol. The number of tetrazole rings is 1. The number of aromatic hydroxyl groups is 1. The maximum atomic E-state index is 13.6. The van der Waals surface area contributed by atoms with Crippen molar-refractivity contribution in [3.8, 4) is 28.3 Å². The summed E-state index contributed by atoms with van der Waals surface area (Å²) in [6.07, 6.45) is 3.76. The first kappa shape index (κ1) is 24.9. The molecule has 1 amide bonds. The van der Waals surface area contributed by atoms with Crippen molar-refractivity contribution < 1.29 is 9.90 Å². The van der Waals surface area contributed by atoms with Gasteiger partial charge in [0.15, 0.2) is 11.8 Å². The van der Waals surface area contributed by atoms with Crippen molar-refractivity contribution in [2.45, 2.75) is 19.9 Å². The molecule has 1 aliphatic rings. The lowest BCUT2D eigenvalue weighted by molar-refractivity contribution is -0.117. The van der Waals surface area contributed by atoms with E-state index in [-0.39, 0.29) is 17.3 Å². The molecule has 2 aromatic heterocycles. The van der Waals surface area contributed by atoms with Gasteiger partial charge in [-0.1, -0.05) is 36.4 Å². The van der Waals surface area contributed by atoms with E-state index in [1.165, 1.54) is 5.01 Å². The molecule has 0 aliphatic carbocycles. The number of rotatable bonds is 6. The number of para-hydroxylation sites is 1. The second-order valence-corrected chi connectivity index (χ2v) is 9.58. The van der Waals surface area contributed by atoms with Gasteiger partial charge in [0.25, 0.3) is 5.91 Å². The standard InChI is InChI=1S/C29H25N9O2/c1-17-10-11-22(14-18(17)2)38-29(40)26(25(34-38)21-12-13-37(3)16-21)31-30-24-9-5-8-23(27(24)39)19-6-4-7-20(15-19)28-32-35-36-33-28/h4-16,26,39H,1-3H3,(H,32,33,35,36). The van der Waals surface area contributed by atoms with Crippen molar-refractivity contribution in [3.63, 3.8) is 0 Å². The summed E-state index contributed by atoms with van der Waals surface area (Å²) in [5, 5.41) is 40.0. The number of hydrogen-bond donors (Lipinski definition) is 2. The van der Waals surface area contributed by atoms with E-state index in [1.54, 1.807) is 18.2 Å². The largest absolute Gasteiger partial charge is 0.505 e. The number of carbonyl (C=O) groups excluding carboxylic acids is 1. The lowest BCUT2D eigenvalue weighted by atomic mass is 10.0. The number of nitrogens with one attached hydrogen (secondary N) is 1. The second-order valence-electron chi connectivity index (χ2n) is 9.58. The first-order chi connectivity index (χ1) is 19.4. The van der Waals surface area contributed by atoms with Crippen LogP contribution in [0.1, 0.15) is 16.7 Å². The Labute approximate surface area is 229 Å². The van der Waals surface area contributed by atoms with Crippen LogP contribution in [0.25, 0.3) is 22.5 Å². The molecular formula is C29H25N9O2. The highest BCUT2D eigenvalue weighted by atomic mass is 16.3. The van der Waals surface area contributed by atoms with Crippen LogP contribution >= 0.6 is 0 Å². The average Bonchev–Trinajstić information content (AvgIpc) is 3.71. The highest BCUT2D eigenvalue weighted by Gasteiger charge is 2.38. The Kier molecular flexibility index (Phi) is 6.23. The maximum Gasteiger partial charge on any atom is 0.280 e. The van der Waals surface area contributed by atoms with Gasteiger partial charge in [0, 0.05) is 36.1 Å². The Hall–Kier alpha value is -5.45. The first-order valence-electron chi connectivity index (χ1n) is 12.6. The number of azo groups is 1. The number of aromatic amines is 1. The van der Waals surface area contributed by atoms with Crippen LogP contribution in [-0.2, 0) is 11.8 Å². The van der Waals surface area contributed by atoms with E-state index >= 15 is 0 Å². The zero-order valence-corrected chi connectivity index (χ0v) is 22.0. The molecule has 0 saturated carbocycles. The molecule has 0 radical (unpaired) electrons. The Balaban J connectivity index is 1.35. The van der Waals surface area contributed by atoms with E-state index in [4.69, 9.17) is 0 Å². The van der Waals surface area contributed by atoms with Gasteiger partial charge in [-0.25, -0.2) is 0 Å². The molecule has 3 heterocycles. The predicted octanol–water partition coefficient (Wildman–Crippen LogP) is 5.10. The number of phenols is 1. The Morgan fingerprint density at radius 2 is 1.77 bits per heavy atom. The van der Waals surface area contributed by atoms with Gasteiger partial charge >= 0.3 is 0 Å². The SMILES string of the molecule is Cc1ccc(N2N=C(c3ccn(C)c3)C(N=Nc3cccc(-c4cccc(-c5nn[nH]n5)c4)c3O)C2=O)cc1C. The van der Waals surface area contributed by atoms with Gasteiger partial charge in [-0.15, -0.1) is 10.2 Å². The van der Waals surface area contributed by atoms with E-state index in [1.807, 2.05) is 86.4 Å². The lowest BCUT2D eigenvalue weighted by Crippen LogP contribution is -2.30. The van der Waals surface area contributed by atoms with Crippen LogP contribution in [0.5, 0.6) is 5.75 Å². The molecule has 0 fully saturated rings. The normalized spacial score (nSPS) is 15.3. The third-order valence-electron chi connectivity index (χ3n) is 6.84. The van der Waals surface area contributed by atoms with Gasteiger partial charge in [0.05, 0.1) is 5.69 Å². The van der Waals surface area contributed by atoms with Gasteiger partial charge in [-0.3, -0.25) is 4.79 Å². The summed E-state index contributed by atoms with van der Waals surface area (Å²) in [6, 6.07) is 19.3. The molecule has 1 unspecified atom stereocenters. The van der Waals surface area contributed by atoms with Crippen molar-refractivity contribution in [3.05, 3.63) is 95.8 Å². The van der Waals surface area contributed by atoms with Crippen LogP contribution < -0.4 is 5.01 Å². The highest BCUT2D eigenvalue weighted by molar-refractivity contribution is 6.24. The van der Waals surface area contributed by atoms with E-state index in [2.05, 4.69) is 36.0 Å². The van der Waals surface area contributed by atoms with Crippen molar-refractivity contribution in [1.82, 2.24) is 25.2 Å². The fraction of sp³-hybridized carbons (Fsp3) is 0.138. The molecule has 6 rings (SSSR count). The number of benzene rings is 3. The van der Waals surface area contributed by atoms with Gasteiger partial charge in [-0.05, 0) is 66.1 Å². The van der Waals surface area contributed by atoms with Crippen molar-refractivity contribution >= 4 is 23.0 Å². The number of carbonyl (C=O) groups is 1. The number of H-pyrrole nitrogens is 1. The van der Waals surface area contributed by atoms with Gasteiger partial charge in [0.1, 0.15) is 11.4 Å². The molecule has 1 aliphatic heterocycles. The van der Waals surface area contributed by atoms with E-state index in [0.717, 1.165) is 27.8 Å². The molecule has 2 N–H and O–H groups in total. The van der Waals surface area contributed by atoms with Crippen LogP contribution in [0.4, 0.5) is 11.4 Å². The van der Waals surface area contributed by atoms with Crippen molar-refractivity contribution in [2.24, 2.45) is 22.4 Å². The van der Waals surface area contributed by atoms with Gasteiger partial charge < -0.3 is 9.67 Å². The molecule has 11 heteroatoms. The minimum absolute atomic E-state index is 0.0637. The summed E-state index contributed by atoms with van der Waals surface area (Å²) in [7, 11) is 1.90. The number of hydrazone groups is 1. The minimum Gasteiger partial charge on any atom is -0.505 e. The Morgan fingerprint density at radius 1 is 0.950 bits per heavy atom. The molecule has 40 heavy (non-hydrogen) atoms. The minimum atomic E-state index is -0.978. The molecule has 198 valence electrons. The van der Waals surface area contributed by atoms with Crippen LogP contribution in [0.2, 0.25) is 0 Å². The maximum absolute atomic E-state index is 13.6. The Morgan fingerprint density at radius 3 is 2.52 bits per heavy atom. The quantitative estimate of drug-likeness (QED) is 0.294. The number of phenolic OH excluding ortho intramolecular Hbond substituents is 1. The molecule has 11 nitrogen and oxygen atoms in total. The summed E-state index contributed by atoms with van der Waals surface area (Å²) >= 11 is 0. The fourth-order valence-corrected chi connectivity index (χ4v) is 4.54. The summed E-state index contributed by atoms with van der Waals surface area (Å²) in [5.74, 6) is 0.0541. The number of aryl methyl sites for hydroxylation is 3. The Bertz CT molecular complexity index is 1790. The number of anilines is 1. The number of nitrogens with zero attached hydrogens (tertiary/aromatic N) is 8. The van der Waals surface area contributed by atoms with Gasteiger partial charge in [-0.2, -0.15) is 25.6 Å². The molecule has 1 atom stereocenters. The predicted molar refractivity (Wildman–Crippen MR) is 150 cm³/mol.